The van der Waals surface area contributed by atoms with E-state index in [1.807, 2.05) is 91.9 Å². The molecule has 0 radical (unpaired) electrons. The number of hydrogen-bond acceptors (Lipinski definition) is 2. The molecule has 0 aromatic heterocycles. The molecule has 0 N–H and O–H groups in total. The average molecular weight is 342 g/mol. The molecule has 130 valence electrons. The van der Waals surface area contributed by atoms with Crippen LogP contribution in [0.15, 0.2) is 85.4 Å². The Labute approximate surface area is 154 Å². The lowest BCUT2D eigenvalue weighted by atomic mass is 10.0. The van der Waals surface area contributed by atoms with Crippen LogP contribution in [0.4, 0.5) is 0 Å². The van der Waals surface area contributed by atoms with E-state index in [2.05, 4.69) is 6.58 Å². The molecule has 2 heteroatoms. The summed E-state index contributed by atoms with van der Waals surface area (Å²) in [7, 11) is 0. The maximum Gasteiger partial charge on any atom is 0.338 e. The second kappa shape index (κ2) is 8.30. The molecular weight excluding hydrogens is 320 g/mol. The molecule has 2 nitrogen and oxygen atoms in total. The van der Waals surface area contributed by atoms with Gasteiger partial charge < -0.3 is 4.74 Å². The summed E-state index contributed by atoms with van der Waals surface area (Å²) >= 11 is 0. The van der Waals surface area contributed by atoms with Crippen LogP contribution in [0.3, 0.4) is 0 Å². The van der Waals surface area contributed by atoms with Crippen molar-refractivity contribution in [2.75, 3.05) is 0 Å². The predicted molar refractivity (Wildman–Crippen MR) is 107 cm³/mol. The average Bonchev–Trinajstić information content (AvgIpc) is 2.72. The summed E-state index contributed by atoms with van der Waals surface area (Å²) in [6.07, 6.45) is 2.33. The van der Waals surface area contributed by atoms with Gasteiger partial charge in [0.2, 0.25) is 0 Å². The van der Waals surface area contributed by atoms with Crippen LogP contribution < -0.4 is 0 Å². The molecule has 3 aromatic carbocycles. The molecule has 0 aliphatic heterocycles. The van der Waals surface area contributed by atoms with Crippen molar-refractivity contribution in [2.24, 2.45) is 0 Å². The van der Waals surface area contributed by atoms with E-state index in [0.717, 1.165) is 28.7 Å². The molecule has 0 spiro atoms. The van der Waals surface area contributed by atoms with Crippen molar-refractivity contribution >= 4 is 12.0 Å². The summed E-state index contributed by atoms with van der Waals surface area (Å²) in [4.78, 5) is 12.5. The van der Waals surface area contributed by atoms with E-state index in [1.54, 1.807) is 0 Å². The van der Waals surface area contributed by atoms with Gasteiger partial charge in [-0.1, -0.05) is 86.3 Å². The summed E-state index contributed by atoms with van der Waals surface area (Å²) in [5.41, 5.74) is 4.83. The normalized spacial score (nSPS) is 11.6. The number of ether oxygens (including phenoxy) is 1. The third-order valence-electron chi connectivity index (χ3n) is 4.39. The zero-order chi connectivity index (χ0) is 18.4. The quantitative estimate of drug-likeness (QED) is 0.491. The Hall–Kier alpha value is -3.13. The predicted octanol–water partition coefficient (Wildman–Crippen LogP) is 6.30. The molecule has 0 bridgehead atoms. The smallest absolute Gasteiger partial charge is 0.338 e. The van der Waals surface area contributed by atoms with Gasteiger partial charge in [0.1, 0.15) is 6.10 Å². The van der Waals surface area contributed by atoms with E-state index >= 15 is 0 Å². The Morgan fingerprint density at radius 2 is 1.50 bits per heavy atom. The molecule has 0 aliphatic rings. The van der Waals surface area contributed by atoms with Gasteiger partial charge in [0.05, 0.1) is 5.56 Å². The van der Waals surface area contributed by atoms with E-state index in [4.69, 9.17) is 4.74 Å². The molecule has 0 saturated heterocycles. The minimum Gasteiger partial charge on any atom is -0.454 e. The van der Waals surface area contributed by atoms with Gasteiger partial charge in [-0.2, -0.15) is 0 Å². The zero-order valence-electron chi connectivity index (χ0n) is 14.9. The number of carbonyl (C=O) groups is 1. The lowest BCUT2D eigenvalue weighted by Crippen LogP contribution is -2.11. The highest BCUT2D eigenvalue weighted by molar-refractivity contribution is 5.90. The second-order valence-corrected chi connectivity index (χ2v) is 6.12. The minimum absolute atomic E-state index is 0.227. The third kappa shape index (κ3) is 4.09. The van der Waals surface area contributed by atoms with Gasteiger partial charge in [-0.05, 0) is 40.8 Å². The lowest BCUT2D eigenvalue weighted by molar-refractivity contribution is 0.0288. The van der Waals surface area contributed by atoms with Crippen molar-refractivity contribution in [1.29, 1.82) is 0 Å². The first-order valence-corrected chi connectivity index (χ1v) is 8.80. The molecule has 26 heavy (non-hydrogen) atoms. The van der Waals surface area contributed by atoms with Gasteiger partial charge in [-0.25, -0.2) is 4.79 Å². The van der Waals surface area contributed by atoms with Crippen LogP contribution in [0.1, 0.15) is 40.9 Å². The molecule has 0 heterocycles. The Morgan fingerprint density at radius 1 is 0.923 bits per heavy atom. The van der Waals surface area contributed by atoms with E-state index in [-0.39, 0.29) is 12.1 Å². The van der Waals surface area contributed by atoms with E-state index in [1.165, 1.54) is 0 Å². The number of rotatable bonds is 6. The third-order valence-corrected chi connectivity index (χ3v) is 4.39. The maximum absolute atomic E-state index is 12.5. The minimum atomic E-state index is -0.297. The van der Waals surface area contributed by atoms with Crippen molar-refractivity contribution in [3.05, 3.63) is 102 Å². The van der Waals surface area contributed by atoms with Gasteiger partial charge in [-0.15, -0.1) is 0 Å². The van der Waals surface area contributed by atoms with Crippen LogP contribution in [0.25, 0.3) is 17.2 Å². The topological polar surface area (TPSA) is 26.3 Å². The van der Waals surface area contributed by atoms with Crippen molar-refractivity contribution in [3.8, 4) is 11.1 Å². The number of carbonyl (C=O) groups excluding carboxylic acids is 1. The first-order chi connectivity index (χ1) is 12.7. The molecule has 3 rings (SSSR count). The summed E-state index contributed by atoms with van der Waals surface area (Å²) in [5, 5.41) is 0. The summed E-state index contributed by atoms with van der Waals surface area (Å²) < 4.78 is 5.70. The number of hydrogen-bond donors (Lipinski definition) is 0. The van der Waals surface area contributed by atoms with Gasteiger partial charge in [-0.3, -0.25) is 0 Å². The summed E-state index contributed by atoms with van der Waals surface area (Å²) in [5.74, 6) is -0.297. The van der Waals surface area contributed by atoms with Crippen LogP contribution in [0.2, 0.25) is 0 Å². The van der Waals surface area contributed by atoms with Crippen LogP contribution in [-0.4, -0.2) is 5.97 Å². The monoisotopic (exact) mass is 342 g/mol. The molecule has 0 saturated carbocycles. The van der Waals surface area contributed by atoms with Crippen molar-refractivity contribution in [2.45, 2.75) is 19.4 Å². The molecule has 0 fully saturated rings. The highest BCUT2D eigenvalue weighted by Crippen LogP contribution is 2.24. The summed E-state index contributed by atoms with van der Waals surface area (Å²) in [6.45, 7) is 5.78. The Bertz CT molecular complexity index is 862. The second-order valence-electron chi connectivity index (χ2n) is 6.12. The first kappa shape index (κ1) is 17.7. The Morgan fingerprint density at radius 3 is 2.04 bits per heavy atom. The fourth-order valence-corrected chi connectivity index (χ4v) is 2.86. The van der Waals surface area contributed by atoms with Gasteiger partial charge in [0.25, 0.3) is 0 Å². The number of benzene rings is 3. The van der Waals surface area contributed by atoms with Crippen LogP contribution >= 0.6 is 0 Å². The summed E-state index contributed by atoms with van der Waals surface area (Å²) in [6, 6.07) is 25.5. The van der Waals surface area contributed by atoms with Crippen molar-refractivity contribution in [3.63, 3.8) is 0 Å². The Kier molecular flexibility index (Phi) is 5.65. The molecule has 0 amide bonds. The lowest BCUT2D eigenvalue weighted by Gasteiger charge is -2.16. The fourth-order valence-electron chi connectivity index (χ4n) is 2.86. The maximum atomic E-state index is 12.5. The standard InChI is InChI=1S/C24H22O2/c1-3-18-10-12-19(13-11-18)20-14-16-22(17-15-20)24(25)26-23(4-2)21-8-6-5-7-9-21/h3,5-17,23H,1,4H2,2H3. The van der Waals surface area contributed by atoms with E-state index in [9.17, 15) is 4.79 Å². The van der Waals surface area contributed by atoms with Crippen LogP contribution in [0, 0.1) is 0 Å². The fraction of sp³-hybridized carbons (Fsp3) is 0.125. The Balaban J connectivity index is 1.73. The van der Waals surface area contributed by atoms with Gasteiger partial charge in [0, 0.05) is 0 Å². The highest BCUT2D eigenvalue weighted by atomic mass is 16.5. The zero-order valence-corrected chi connectivity index (χ0v) is 14.9. The van der Waals surface area contributed by atoms with Gasteiger partial charge in [0.15, 0.2) is 0 Å². The molecule has 3 aromatic rings. The van der Waals surface area contributed by atoms with Crippen molar-refractivity contribution in [1.82, 2.24) is 0 Å². The largest absolute Gasteiger partial charge is 0.454 e. The highest BCUT2D eigenvalue weighted by Gasteiger charge is 2.16. The number of esters is 1. The molecule has 1 unspecified atom stereocenters. The first-order valence-electron chi connectivity index (χ1n) is 8.80. The van der Waals surface area contributed by atoms with Crippen molar-refractivity contribution < 1.29 is 9.53 Å². The van der Waals surface area contributed by atoms with Crippen LogP contribution in [-0.2, 0) is 4.74 Å². The van der Waals surface area contributed by atoms with E-state index < -0.39 is 0 Å². The van der Waals surface area contributed by atoms with E-state index in [0.29, 0.717) is 5.56 Å². The molecule has 0 aliphatic carbocycles. The van der Waals surface area contributed by atoms with Gasteiger partial charge >= 0.3 is 5.97 Å². The van der Waals surface area contributed by atoms with Crippen LogP contribution in [0.5, 0.6) is 0 Å². The molecular formula is C24H22O2. The SMILES string of the molecule is C=Cc1ccc(-c2ccc(C(=O)OC(CC)c3ccccc3)cc2)cc1. The molecule has 1 atom stereocenters.